The Labute approximate surface area is 138 Å². The Kier molecular flexibility index (Phi) is 5.59. The fourth-order valence-corrected chi connectivity index (χ4v) is 6.32. The number of hydrogen-bond donors (Lipinski definition) is 0. The van der Waals surface area contributed by atoms with Gasteiger partial charge in [-0.2, -0.15) is 8.42 Å². The molecule has 0 radical (unpaired) electrons. The maximum atomic E-state index is 13.3. The Morgan fingerprint density at radius 2 is 1.48 bits per heavy atom. The predicted octanol–water partition coefficient (Wildman–Crippen LogP) is 4.01. The monoisotopic (exact) mass is 351 g/mol. The lowest BCUT2D eigenvalue weighted by Gasteiger charge is -2.10. The van der Waals surface area contributed by atoms with Crippen LogP contribution in [0, 0.1) is 6.92 Å². The van der Waals surface area contributed by atoms with E-state index in [9.17, 15) is 12.6 Å². The Bertz CT molecular complexity index is 864. The fourth-order valence-electron chi connectivity index (χ4n) is 2.08. The first-order valence-corrected chi connectivity index (χ1v) is 10.6. The second kappa shape index (κ2) is 7.27. The van der Waals surface area contributed by atoms with Gasteiger partial charge >= 0.3 is 0 Å². The van der Waals surface area contributed by atoms with Gasteiger partial charge < -0.3 is 0 Å². The van der Waals surface area contributed by atoms with Crippen LogP contribution in [0.25, 0.3) is 0 Å². The molecule has 0 saturated heterocycles. The third-order valence-electron chi connectivity index (χ3n) is 3.42. The van der Waals surface area contributed by atoms with E-state index in [-0.39, 0.29) is 10.6 Å². The molecule has 0 bridgehead atoms. The van der Waals surface area contributed by atoms with E-state index in [1.54, 1.807) is 42.5 Å². The highest BCUT2D eigenvalue weighted by Gasteiger charge is 2.20. The molecule has 0 N–H and O–H groups in total. The summed E-state index contributed by atoms with van der Waals surface area (Å²) < 4.78 is 42.2. The zero-order chi connectivity index (χ0) is 16.9. The third-order valence-corrected chi connectivity index (χ3v) is 7.89. The molecule has 0 fully saturated rings. The lowest BCUT2D eigenvalue weighted by Crippen LogP contribution is -2.10. The molecular formula is C17H21NO3S2. The normalized spacial score (nSPS) is 14.2. The quantitative estimate of drug-likeness (QED) is 0.790. The van der Waals surface area contributed by atoms with Crippen LogP contribution in [0.1, 0.15) is 25.3 Å². The summed E-state index contributed by atoms with van der Waals surface area (Å²) in [7, 11) is -6.97. The molecule has 0 heterocycles. The number of aryl methyl sites for hydroxylation is 1. The van der Waals surface area contributed by atoms with Crippen LogP contribution in [0.3, 0.4) is 0 Å². The maximum Gasteiger partial charge on any atom is 0.290 e. The van der Waals surface area contributed by atoms with Crippen LogP contribution in [0.15, 0.2) is 68.2 Å². The molecule has 124 valence electrons. The van der Waals surface area contributed by atoms with E-state index in [1.165, 1.54) is 12.1 Å². The van der Waals surface area contributed by atoms with Crippen LogP contribution in [0.4, 0.5) is 0 Å². The van der Waals surface area contributed by atoms with Crippen molar-refractivity contribution >= 4 is 19.8 Å². The number of unbranched alkanes of at least 4 members (excludes halogenated alkanes) is 1. The van der Waals surface area contributed by atoms with E-state index in [1.807, 2.05) is 13.8 Å². The Hall–Kier alpha value is -1.66. The van der Waals surface area contributed by atoms with Gasteiger partial charge in [-0.15, -0.1) is 3.77 Å². The molecule has 23 heavy (non-hydrogen) atoms. The van der Waals surface area contributed by atoms with Crippen LogP contribution in [0.5, 0.6) is 0 Å². The van der Waals surface area contributed by atoms with E-state index in [0.717, 1.165) is 12.0 Å². The van der Waals surface area contributed by atoms with Gasteiger partial charge in [0.25, 0.3) is 10.0 Å². The van der Waals surface area contributed by atoms with Gasteiger partial charge in [-0.25, -0.2) is 4.21 Å². The van der Waals surface area contributed by atoms with Crippen LogP contribution in [0.2, 0.25) is 0 Å². The van der Waals surface area contributed by atoms with Crippen LogP contribution in [-0.4, -0.2) is 18.4 Å². The van der Waals surface area contributed by atoms with Crippen molar-refractivity contribution in [3.05, 3.63) is 60.2 Å². The first kappa shape index (κ1) is 17.7. The number of benzene rings is 2. The minimum absolute atomic E-state index is 0.0725. The van der Waals surface area contributed by atoms with Crippen molar-refractivity contribution in [1.29, 1.82) is 0 Å². The molecule has 4 nitrogen and oxygen atoms in total. The highest BCUT2D eigenvalue weighted by atomic mass is 32.3. The van der Waals surface area contributed by atoms with E-state index in [2.05, 4.69) is 3.77 Å². The maximum absolute atomic E-state index is 13.3. The molecule has 2 rings (SSSR count). The average Bonchev–Trinajstić information content (AvgIpc) is 2.54. The van der Waals surface area contributed by atoms with Gasteiger partial charge in [-0.1, -0.05) is 49.2 Å². The standard InChI is InChI=1S/C17H21NO3S2/c1-3-4-14-22(19,16-8-6-5-7-9-16)18-23(20,21)17-12-10-15(2)11-13-17/h5-13H,3-4,14H2,1-2H3/t22-/m0/s1. The highest BCUT2D eigenvalue weighted by Crippen LogP contribution is 2.21. The molecule has 2 aromatic carbocycles. The van der Waals surface area contributed by atoms with Crippen molar-refractivity contribution in [1.82, 2.24) is 0 Å². The summed E-state index contributed by atoms with van der Waals surface area (Å²) in [5.41, 5.74) is 0.957. The van der Waals surface area contributed by atoms with Gasteiger partial charge in [0, 0.05) is 10.6 Å². The summed E-state index contributed by atoms with van der Waals surface area (Å²) in [6, 6.07) is 15.1. The second-order valence-electron chi connectivity index (χ2n) is 5.37. The van der Waals surface area contributed by atoms with Crippen molar-refractivity contribution in [3.8, 4) is 0 Å². The topological polar surface area (TPSA) is 63.6 Å². The van der Waals surface area contributed by atoms with Crippen molar-refractivity contribution in [3.63, 3.8) is 0 Å². The first-order valence-electron chi connectivity index (χ1n) is 7.50. The third kappa shape index (κ3) is 4.42. The molecular weight excluding hydrogens is 330 g/mol. The molecule has 2 aromatic rings. The fraction of sp³-hybridized carbons (Fsp3) is 0.294. The molecule has 1 atom stereocenters. The van der Waals surface area contributed by atoms with Crippen molar-refractivity contribution in [2.45, 2.75) is 36.5 Å². The number of sulfonamides is 1. The van der Waals surface area contributed by atoms with Gasteiger partial charge in [-0.3, -0.25) is 0 Å². The van der Waals surface area contributed by atoms with E-state index >= 15 is 0 Å². The minimum Gasteiger partial charge on any atom is -0.244 e. The molecule has 6 heteroatoms. The predicted molar refractivity (Wildman–Crippen MR) is 93.4 cm³/mol. The number of hydrogen-bond acceptors (Lipinski definition) is 3. The highest BCUT2D eigenvalue weighted by molar-refractivity contribution is 8.03. The number of rotatable bonds is 6. The van der Waals surface area contributed by atoms with Crippen molar-refractivity contribution in [2.75, 3.05) is 5.75 Å². The van der Waals surface area contributed by atoms with Gasteiger partial charge in [0.05, 0.1) is 14.6 Å². The Balaban J connectivity index is 2.56. The van der Waals surface area contributed by atoms with E-state index in [4.69, 9.17) is 0 Å². The Morgan fingerprint density at radius 1 is 0.870 bits per heavy atom. The Morgan fingerprint density at radius 3 is 2.04 bits per heavy atom. The molecule has 0 amide bonds. The summed E-state index contributed by atoms with van der Waals surface area (Å²) in [6.45, 7) is 3.85. The smallest absolute Gasteiger partial charge is 0.244 e. The number of nitrogens with zero attached hydrogens (tertiary/aromatic N) is 1. The van der Waals surface area contributed by atoms with Gasteiger partial charge in [0.15, 0.2) is 0 Å². The van der Waals surface area contributed by atoms with Crippen LogP contribution in [-0.2, 0) is 19.8 Å². The molecule has 0 unspecified atom stereocenters. The largest absolute Gasteiger partial charge is 0.290 e. The molecule has 0 spiro atoms. The van der Waals surface area contributed by atoms with Gasteiger partial charge in [0.1, 0.15) is 0 Å². The van der Waals surface area contributed by atoms with Crippen LogP contribution >= 0.6 is 0 Å². The van der Waals surface area contributed by atoms with Gasteiger partial charge in [-0.05, 0) is 37.6 Å². The SMILES string of the molecule is CCCC[S@@](=O)(=NS(=O)(=O)c1ccc(C)cc1)c1ccccc1. The molecule has 0 aromatic heterocycles. The molecule has 0 saturated carbocycles. The lowest BCUT2D eigenvalue weighted by molar-refractivity contribution is 0.598. The zero-order valence-corrected chi connectivity index (χ0v) is 14.9. The molecule has 0 aliphatic heterocycles. The average molecular weight is 351 g/mol. The summed E-state index contributed by atoms with van der Waals surface area (Å²) in [5.74, 6) is 0.235. The van der Waals surface area contributed by atoms with E-state index < -0.39 is 19.8 Å². The van der Waals surface area contributed by atoms with E-state index in [0.29, 0.717) is 11.3 Å². The summed E-state index contributed by atoms with van der Waals surface area (Å²) in [4.78, 5) is 0.535. The molecule has 0 aliphatic carbocycles. The van der Waals surface area contributed by atoms with Crippen molar-refractivity contribution < 1.29 is 12.6 Å². The molecule has 0 aliphatic rings. The van der Waals surface area contributed by atoms with Crippen LogP contribution < -0.4 is 0 Å². The summed E-state index contributed by atoms with van der Waals surface area (Å²) in [6.07, 6.45) is 1.48. The zero-order valence-electron chi connectivity index (χ0n) is 13.3. The van der Waals surface area contributed by atoms with Gasteiger partial charge in [0.2, 0.25) is 0 Å². The lowest BCUT2D eigenvalue weighted by atomic mass is 10.2. The minimum atomic E-state index is -3.96. The summed E-state index contributed by atoms with van der Waals surface area (Å²) >= 11 is 0. The second-order valence-corrected chi connectivity index (χ2v) is 9.55. The summed E-state index contributed by atoms with van der Waals surface area (Å²) in [5, 5.41) is 0. The van der Waals surface area contributed by atoms with Crippen molar-refractivity contribution in [2.24, 2.45) is 3.77 Å². The first-order chi connectivity index (χ1) is 10.9.